The quantitative estimate of drug-likeness (QED) is 0.622. The van der Waals surface area contributed by atoms with Crippen LogP contribution in [0.2, 0.25) is 0 Å². The van der Waals surface area contributed by atoms with Crippen LogP contribution in [0.25, 0.3) is 11.4 Å². The number of amides is 1. The number of H-pyrrole nitrogens is 1. The number of aromatic nitrogens is 4. The molecule has 2 aromatic carbocycles. The highest BCUT2D eigenvalue weighted by Gasteiger charge is 2.22. The number of aromatic hydroxyl groups is 1. The molecule has 1 atom stereocenters. The summed E-state index contributed by atoms with van der Waals surface area (Å²) in [5.41, 5.74) is 1.54. The van der Waals surface area contributed by atoms with E-state index in [1.807, 2.05) is 6.92 Å². The Hall–Kier alpha value is -3.26. The van der Waals surface area contributed by atoms with Crippen LogP contribution >= 0.6 is 0 Å². The molecule has 134 valence electrons. The maximum absolute atomic E-state index is 13.0. The standard InChI is InChI=1S/C18H19N5O3/c1-2-23(11-16(25)12-6-5-7-13(24)10-12)18(26)15-9-4-3-8-14(15)17-19-21-22-20-17/h3-10,16,24-25H,2,11H2,1H3,(H,19,20,21,22)/t16-/m0/s1. The van der Waals surface area contributed by atoms with Gasteiger partial charge in [0.15, 0.2) is 0 Å². The number of benzene rings is 2. The third-order valence-corrected chi connectivity index (χ3v) is 4.06. The molecule has 1 aromatic heterocycles. The zero-order valence-corrected chi connectivity index (χ0v) is 14.2. The van der Waals surface area contributed by atoms with Gasteiger partial charge in [-0.15, -0.1) is 10.2 Å². The first-order valence-corrected chi connectivity index (χ1v) is 8.19. The molecule has 3 N–H and O–H groups in total. The third-order valence-electron chi connectivity index (χ3n) is 4.06. The van der Waals surface area contributed by atoms with Gasteiger partial charge in [-0.1, -0.05) is 30.3 Å². The van der Waals surface area contributed by atoms with Gasteiger partial charge >= 0.3 is 0 Å². The minimum atomic E-state index is -0.914. The lowest BCUT2D eigenvalue weighted by Crippen LogP contribution is -2.35. The van der Waals surface area contributed by atoms with Crippen molar-refractivity contribution in [3.8, 4) is 17.1 Å². The number of likely N-dealkylation sites (N-methyl/N-ethyl adjacent to an activating group) is 1. The minimum Gasteiger partial charge on any atom is -0.508 e. The Labute approximate surface area is 150 Å². The van der Waals surface area contributed by atoms with Crippen LogP contribution < -0.4 is 0 Å². The lowest BCUT2D eigenvalue weighted by molar-refractivity contribution is 0.0635. The van der Waals surface area contributed by atoms with Crippen LogP contribution in [-0.4, -0.2) is 54.7 Å². The molecular formula is C18H19N5O3. The lowest BCUT2D eigenvalue weighted by Gasteiger charge is -2.25. The van der Waals surface area contributed by atoms with Crippen molar-refractivity contribution in [1.29, 1.82) is 0 Å². The van der Waals surface area contributed by atoms with Gasteiger partial charge < -0.3 is 15.1 Å². The molecule has 0 bridgehead atoms. The molecule has 26 heavy (non-hydrogen) atoms. The van der Waals surface area contributed by atoms with Crippen LogP contribution in [0.4, 0.5) is 0 Å². The van der Waals surface area contributed by atoms with Crippen LogP contribution in [-0.2, 0) is 0 Å². The predicted octanol–water partition coefficient (Wildman–Crippen LogP) is 1.77. The van der Waals surface area contributed by atoms with Gasteiger partial charge in [-0.2, -0.15) is 5.21 Å². The van der Waals surface area contributed by atoms with E-state index in [-0.39, 0.29) is 18.2 Å². The summed E-state index contributed by atoms with van der Waals surface area (Å²) in [6.07, 6.45) is -0.914. The fraction of sp³-hybridized carbons (Fsp3) is 0.222. The molecule has 0 aliphatic carbocycles. The molecule has 1 heterocycles. The van der Waals surface area contributed by atoms with Crippen molar-refractivity contribution >= 4 is 5.91 Å². The molecule has 0 radical (unpaired) electrons. The van der Waals surface area contributed by atoms with E-state index in [2.05, 4.69) is 20.6 Å². The molecule has 0 fully saturated rings. The molecule has 8 heteroatoms. The molecule has 3 rings (SSSR count). The molecule has 0 saturated carbocycles. The van der Waals surface area contributed by atoms with Crippen molar-refractivity contribution in [2.75, 3.05) is 13.1 Å². The number of hydrogen-bond acceptors (Lipinski definition) is 6. The average Bonchev–Trinajstić information content (AvgIpc) is 3.20. The van der Waals surface area contributed by atoms with Crippen LogP contribution in [0.1, 0.15) is 28.9 Å². The first-order chi connectivity index (χ1) is 12.6. The monoisotopic (exact) mass is 353 g/mol. The second-order valence-corrected chi connectivity index (χ2v) is 5.74. The largest absolute Gasteiger partial charge is 0.508 e. The van der Waals surface area contributed by atoms with E-state index in [4.69, 9.17) is 0 Å². The molecule has 0 unspecified atom stereocenters. The Kier molecular flexibility index (Phi) is 5.23. The predicted molar refractivity (Wildman–Crippen MR) is 94.3 cm³/mol. The second kappa shape index (κ2) is 7.75. The Bertz CT molecular complexity index is 882. The van der Waals surface area contributed by atoms with Gasteiger partial charge in [0.2, 0.25) is 5.82 Å². The summed E-state index contributed by atoms with van der Waals surface area (Å²) >= 11 is 0. The molecule has 1 amide bonds. The van der Waals surface area contributed by atoms with Crippen molar-refractivity contribution in [1.82, 2.24) is 25.5 Å². The van der Waals surface area contributed by atoms with E-state index in [0.717, 1.165) is 0 Å². The topological polar surface area (TPSA) is 115 Å². The summed E-state index contributed by atoms with van der Waals surface area (Å²) in [6, 6.07) is 13.4. The number of tetrazole rings is 1. The molecule has 0 aliphatic rings. The van der Waals surface area contributed by atoms with E-state index >= 15 is 0 Å². The molecule has 8 nitrogen and oxygen atoms in total. The first-order valence-electron chi connectivity index (χ1n) is 8.19. The van der Waals surface area contributed by atoms with Crippen LogP contribution in [0.5, 0.6) is 5.75 Å². The van der Waals surface area contributed by atoms with Crippen molar-refractivity contribution < 1.29 is 15.0 Å². The molecule has 0 spiro atoms. The van der Waals surface area contributed by atoms with Gasteiger partial charge in [0, 0.05) is 12.1 Å². The number of rotatable bonds is 6. The fourth-order valence-electron chi connectivity index (χ4n) is 2.71. The highest BCUT2D eigenvalue weighted by Crippen LogP contribution is 2.23. The Morgan fingerprint density at radius 2 is 2.04 bits per heavy atom. The fourth-order valence-corrected chi connectivity index (χ4v) is 2.71. The second-order valence-electron chi connectivity index (χ2n) is 5.74. The van der Waals surface area contributed by atoms with E-state index in [0.29, 0.717) is 29.1 Å². The number of hydrogen-bond donors (Lipinski definition) is 3. The summed E-state index contributed by atoms with van der Waals surface area (Å²) in [4.78, 5) is 14.5. The number of carbonyl (C=O) groups excluding carboxylic acids is 1. The molecule has 3 aromatic rings. The van der Waals surface area contributed by atoms with Gasteiger partial charge in [-0.25, -0.2) is 0 Å². The lowest BCUT2D eigenvalue weighted by atomic mass is 10.0. The smallest absolute Gasteiger partial charge is 0.254 e. The molecule has 0 saturated heterocycles. The summed E-state index contributed by atoms with van der Waals surface area (Å²) in [6.45, 7) is 2.35. The van der Waals surface area contributed by atoms with Crippen molar-refractivity contribution in [3.63, 3.8) is 0 Å². The number of aromatic amines is 1. The highest BCUT2D eigenvalue weighted by molar-refractivity contribution is 6.00. The summed E-state index contributed by atoms with van der Waals surface area (Å²) in [5, 5.41) is 33.8. The van der Waals surface area contributed by atoms with Gasteiger partial charge in [-0.05, 0) is 35.9 Å². The summed E-state index contributed by atoms with van der Waals surface area (Å²) < 4.78 is 0. The maximum atomic E-state index is 13.0. The third kappa shape index (κ3) is 3.70. The zero-order chi connectivity index (χ0) is 18.5. The number of nitrogens with zero attached hydrogens (tertiary/aromatic N) is 4. The van der Waals surface area contributed by atoms with Gasteiger partial charge in [0.25, 0.3) is 5.91 Å². The van der Waals surface area contributed by atoms with Gasteiger partial charge in [0.05, 0.1) is 18.2 Å². The van der Waals surface area contributed by atoms with Crippen molar-refractivity contribution in [3.05, 3.63) is 59.7 Å². The van der Waals surface area contributed by atoms with Crippen LogP contribution in [0.3, 0.4) is 0 Å². The number of aliphatic hydroxyl groups excluding tert-OH is 1. The van der Waals surface area contributed by atoms with E-state index in [1.165, 1.54) is 17.0 Å². The normalized spacial score (nSPS) is 11.9. The van der Waals surface area contributed by atoms with Gasteiger partial charge in [0.1, 0.15) is 5.75 Å². The van der Waals surface area contributed by atoms with Crippen LogP contribution in [0.15, 0.2) is 48.5 Å². The first kappa shape index (κ1) is 17.6. The average molecular weight is 353 g/mol. The van der Waals surface area contributed by atoms with E-state index < -0.39 is 6.10 Å². The number of nitrogens with one attached hydrogen (secondary N) is 1. The molecule has 0 aliphatic heterocycles. The SMILES string of the molecule is CCN(C[C@H](O)c1cccc(O)c1)C(=O)c1ccccc1-c1nn[nH]n1. The van der Waals surface area contributed by atoms with Crippen molar-refractivity contribution in [2.24, 2.45) is 0 Å². The van der Waals surface area contributed by atoms with Crippen molar-refractivity contribution in [2.45, 2.75) is 13.0 Å². The Morgan fingerprint density at radius 1 is 1.23 bits per heavy atom. The summed E-state index contributed by atoms with van der Waals surface area (Å²) in [5.74, 6) is 0.156. The van der Waals surface area contributed by atoms with Crippen LogP contribution in [0, 0.1) is 0 Å². The zero-order valence-electron chi connectivity index (χ0n) is 14.2. The highest BCUT2D eigenvalue weighted by atomic mass is 16.3. The number of aliphatic hydroxyl groups is 1. The number of carbonyl (C=O) groups is 1. The molecular weight excluding hydrogens is 334 g/mol. The summed E-state index contributed by atoms with van der Waals surface area (Å²) in [7, 11) is 0. The minimum absolute atomic E-state index is 0.0679. The van der Waals surface area contributed by atoms with Gasteiger partial charge in [-0.3, -0.25) is 4.79 Å². The number of phenols is 1. The number of phenolic OH excluding ortho intramolecular Hbond substituents is 1. The Balaban J connectivity index is 1.84. The van der Waals surface area contributed by atoms with E-state index in [9.17, 15) is 15.0 Å². The Morgan fingerprint density at radius 3 is 2.73 bits per heavy atom. The van der Waals surface area contributed by atoms with E-state index in [1.54, 1.807) is 36.4 Å². The maximum Gasteiger partial charge on any atom is 0.254 e.